The van der Waals surface area contributed by atoms with Crippen LogP contribution in [0.1, 0.15) is 63.1 Å². The fourth-order valence-corrected chi connectivity index (χ4v) is 3.07. The summed E-state index contributed by atoms with van der Waals surface area (Å²) >= 11 is 0. The van der Waals surface area contributed by atoms with Gasteiger partial charge in [-0.15, -0.1) is 0 Å². The summed E-state index contributed by atoms with van der Waals surface area (Å²) < 4.78 is 5.65. The zero-order valence-electron chi connectivity index (χ0n) is 13.5. The van der Waals surface area contributed by atoms with Crippen molar-refractivity contribution < 1.29 is 14.0 Å². The Balaban J connectivity index is 2.16. The predicted octanol–water partition coefficient (Wildman–Crippen LogP) is 4.13. The third-order valence-corrected chi connectivity index (χ3v) is 3.93. The molecule has 0 radical (unpaired) electrons. The molecule has 1 aromatic carbocycles. The van der Waals surface area contributed by atoms with Crippen molar-refractivity contribution in [1.29, 1.82) is 0 Å². The van der Waals surface area contributed by atoms with Crippen LogP contribution in [-0.4, -0.2) is 11.8 Å². The molecule has 1 aliphatic rings. The maximum absolute atomic E-state index is 12.8. The second-order valence-electron chi connectivity index (χ2n) is 6.22. The average molecular weight is 297 g/mol. The minimum Gasteiger partial charge on any atom is -0.464 e. The number of hydrogen-bond donors (Lipinski definition) is 0. The van der Waals surface area contributed by atoms with Gasteiger partial charge in [0.1, 0.15) is 11.5 Å². The van der Waals surface area contributed by atoms with Gasteiger partial charge in [0.05, 0.1) is 16.8 Å². The normalized spacial score (nSPS) is 14.2. The van der Waals surface area contributed by atoms with Crippen LogP contribution in [0.4, 0.5) is 5.69 Å². The van der Waals surface area contributed by atoms with Crippen molar-refractivity contribution in [1.82, 2.24) is 0 Å². The molecule has 1 aromatic heterocycles. The van der Waals surface area contributed by atoms with Gasteiger partial charge in [0, 0.05) is 5.92 Å². The number of nitrogens with zero attached hydrogens (tertiary/aromatic N) is 1. The third kappa shape index (κ3) is 1.98. The minimum absolute atomic E-state index is 0.0541. The first-order valence-electron chi connectivity index (χ1n) is 7.41. The first-order valence-corrected chi connectivity index (χ1v) is 7.41. The number of amides is 2. The van der Waals surface area contributed by atoms with Crippen LogP contribution in [0, 0.1) is 20.8 Å². The highest BCUT2D eigenvalue weighted by Gasteiger charge is 2.43. The first kappa shape index (κ1) is 14.6. The van der Waals surface area contributed by atoms with Crippen LogP contribution >= 0.6 is 0 Å². The second-order valence-corrected chi connectivity index (χ2v) is 6.22. The molecular weight excluding hydrogens is 278 g/mol. The van der Waals surface area contributed by atoms with E-state index in [2.05, 4.69) is 0 Å². The molecule has 0 saturated heterocycles. The van der Waals surface area contributed by atoms with Gasteiger partial charge in [0.25, 0.3) is 11.8 Å². The molecule has 4 heteroatoms. The standard InChI is InChI=1S/C18H19NO3/c1-9(2)16-15-14(12(5)22-16)17(20)19(18(15)21)13-7-10(3)6-11(4)8-13/h6-9H,1-5H3. The maximum Gasteiger partial charge on any atom is 0.269 e. The summed E-state index contributed by atoms with van der Waals surface area (Å²) in [5.41, 5.74) is 3.50. The molecule has 0 atom stereocenters. The molecule has 0 saturated carbocycles. The number of fused-ring (bicyclic) bond motifs is 1. The number of benzene rings is 1. The van der Waals surface area contributed by atoms with Gasteiger partial charge in [-0.25, -0.2) is 4.90 Å². The van der Waals surface area contributed by atoms with Crippen molar-refractivity contribution in [3.63, 3.8) is 0 Å². The number of carbonyl (C=O) groups is 2. The van der Waals surface area contributed by atoms with Gasteiger partial charge < -0.3 is 4.42 Å². The van der Waals surface area contributed by atoms with E-state index in [4.69, 9.17) is 4.42 Å². The Morgan fingerprint density at radius 2 is 1.45 bits per heavy atom. The number of carbonyl (C=O) groups excluding carboxylic acids is 2. The monoisotopic (exact) mass is 297 g/mol. The topological polar surface area (TPSA) is 50.5 Å². The van der Waals surface area contributed by atoms with Crippen LogP contribution < -0.4 is 4.90 Å². The molecule has 22 heavy (non-hydrogen) atoms. The fourth-order valence-electron chi connectivity index (χ4n) is 3.07. The number of aryl methyl sites for hydroxylation is 3. The Labute approximate surface area is 129 Å². The van der Waals surface area contributed by atoms with Crippen LogP contribution in [-0.2, 0) is 0 Å². The Morgan fingerprint density at radius 3 is 2.00 bits per heavy atom. The van der Waals surface area contributed by atoms with E-state index in [-0.39, 0.29) is 17.7 Å². The van der Waals surface area contributed by atoms with Crippen molar-refractivity contribution in [3.8, 4) is 0 Å². The Kier molecular flexibility index (Phi) is 3.20. The highest BCUT2D eigenvalue weighted by atomic mass is 16.3. The summed E-state index contributed by atoms with van der Waals surface area (Å²) in [6.45, 7) is 9.55. The summed E-state index contributed by atoms with van der Waals surface area (Å²) in [5.74, 6) is 0.587. The van der Waals surface area contributed by atoms with Gasteiger partial charge in [0.15, 0.2) is 0 Å². The highest BCUT2D eigenvalue weighted by Crippen LogP contribution is 2.37. The molecule has 0 N–H and O–H groups in total. The van der Waals surface area contributed by atoms with Gasteiger partial charge in [-0.2, -0.15) is 0 Å². The lowest BCUT2D eigenvalue weighted by atomic mass is 10.0. The molecule has 114 valence electrons. The Bertz CT molecular complexity index is 779. The zero-order valence-corrected chi connectivity index (χ0v) is 13.5. The van der Waals surface area contributed by atoms with Crippen molar-refractivity contribution in [2.75, 3.05) is 4.90 Å². The van der Waals surface area contributed by atoms with Gasteiger partial charge in [-0.05, 0) is 44.0 Å². The molecule has 2 heterocycles. The van der Waals surface area contributed by atoms with Gasteiger partial charge in [-0.3, -0.25) is 9.59 Å². The van der Waals surface area contributed by atoms with E-state index >= 15 is 0 Å². The molecule has 0 unspecified atom stereocenters. The van der Waals surface area contributed by atoms with Gasteiger partial charge >= 0.3 is 0 Å². The molecule has 2 amide bonds. The van der Waals surface area contributed by atoms with Crippen LogP contribution in [0.15, 0.2) is 22.6 Å². The van der Waals surface area contributed by atoms with Crippen molar-refractivity contribution >= 4 is 17.5 Å². The number of rotatable bonds is 2. The predicted molar refractivity (Wildman–Crippen MR) is 84.6 cm³/mol. The summed E-state index contributed by atoms with van der Waals surface area (Å²) in [5, 5.41) is 0. The molecule has 0 bridgehead atoms. The summed E-state index contributed by atoms with van der Waals surface area (Å²) in [7, 11) is 0. The lowest BCUT2D eigenvalue weighted by Gasteiger charge is -2.16. The fraction of sp³-hybridized carbons (Fsp3) is 0.333. The number of hydrogen-bond acceptors (Lipinski definition) is 3. The van der Waals surface area contributed by atoms with E-state index in [0.29, 0.717) is 28.3 Å². The lowest BCUT2D eigenvalue weighted by molar-refractivity contribution is 0.0922. The van der Waals surface area contributed by atoms with E-state index in [1.165, 1.54) is 4.90 Å². The van der Waals surface area contributed by atoms with Crippen LogP contribution in [0.25, 0.3) is 0 Å². The lowest BCUT2D eigenvalue weighted by Crippen LogP contribution is -2.30. The molecule has 4 nitrogen and oxygen atoms in total. The Hall–Kier alpha value is -2.36. The quantitative estimate of drug-likeness (QED) is 0.783. The first-order chi connectivity index (χ1) is 10.3. The molecule has 0 fully saturated rings. The summed E-state index contributed by atoms with van der Waals surface area (Å²) in [4.78, 5) is 26.8. The average Bonchev–Trinajstić information content (AvgIpc) is 2.87. The maximum atomic E-state index is 12.8. The highest BCUT2D eigenvalue weighted by molar-refractivity contribution is 6.35. The SMILES string of the molecule is Cc1cc(C)cc(N2C(=O)c3c(C)oc(C(C)C)c3C2=O)c1. The molecular formula is C18H19NO3. The smallest absolute Gasteiger partial charge is 0.269 e. The third-order valence-electron chi connectivity index (χ3n) is 3.93. The molecule has 1 aliphatic heterocycles. The zero-order chi connectivity index (χ0) is 16.2. The van der Waals surface area contributed by atoms with Crippen molar-refractivity contribution in [2.45, 2.75) is 40.5 Å². The van der Waals surface area contributed by atoms with E-state index < -0.39 is 0 Å². The minimum atomic E-state index is -0.293. The van der Waals surface area contributed by atoms with E-state index in [1.54, 1.807) is 6.92 Å². The van der Waals surface area contributed by atoms with Crippen molar-refractivity contribution in [3.05, 3.63) is 52.0 Å². The van der Waals surface area contributed by atoms with E-state index in [9.17, 15) is 9.59 Å². The summed E-state index contributed by atoms with van der Waals surface area (Å²) in [6.07, 6.45) is 0. The largest absolute Gasteiger partial charge is 0.464 e. The van der Waals surface area contributed by atoms with Crippen LogP contribution in [0.5, 0.6) is 0 Å². The number of anilines is 1. The second kappa shape index (κ2) is 4.83. The Morgan fingerprint density at radius 1 is 0.909 bits per heavy atom. The van der Waals surface area contributed by atoms with E-state index in [0.717, 1.165) is 11.1 Å². The molecule has 0 spiro atoms. The molecule has 0 aliphatic carbocycles. The van der Waals surface area contributed by atoms with Crippen LogP contribution in [0.2, 0.25) is 0 Å². The van der Waals surface area contributed by atoms with Crippen LogP contribution in [0.3, 0.4) is 0 Å². The molecule has 2 aromatic rings. The van der Waals surface area contributed by atoms with Crippen molar-refractivity contribution in [2.24, 2.45) is 0 Å². The summed E-state index contributed by atoms with van der Waals surface area (Å²) in [6, 6.07) is 5.73. The number of furan rings is 1. The van der Waals surface area contributed by atoms with Gasteiger partial charge in [-0.1, -0.05) is 19.9 Å². The molecule has 3 rings (SSSR count). The number of imide groups is 1. The van der Waals surface area contributed by atoms with E-state index in [1.807, 2.05) is 45.9 Å². The van der Waals surface area contributed by atoms with Gasteiger partial charge in [0.2, 0.25) is 0 Å².